The number of aliphatic hydroxyl groups is 1. The lowest BCUT2D eigenvalue weighted by Gasteiger charge is -2.26. The van der Waals surface area contributed by atoms with E-state index >= 15 is 0 Å². The molecule has 0 aliphatic heterocycles. The summed E-state index contributed by atoms with van der Waals surface area (Å²) in [4.78, 5) is 4.97. The molecule has 39 heavy (non-hydrogen) atoms. The topological polar surface area (TPSA) is 79.3 Å². The smallest absolute Gasteiger partial charge is 0.376 e. The largest absolute Gasteiger partial charge is 0.421 e. The Morgan fingerprint density at radius 1 is 1.15 bits per heavy atom. The van der Waals surface area contributed by atoms with Gasteiger partial charge in [-0.25, -0.2) is 13.1 Å². The fourth-order valence-electron chi connectivity index (χ4n) is 4.74. The second-order valence-electron chi connectivity index (χ2n) is 9.93. The van der Waals surface area contributed by atoms with Crippen LogP contribution < -0.4 is 4.72 Å². The Hall–Kier alpha value is -2.50. The standard InChI is InChI=1S/C28H26ClF3N2O3S2/c1-3-16-14-24(16)39(36,37)34-25(19-8-4-5-10-21(19)29)23-13-17-7-6-9-20(26(17)38-23)22-15-18(11-12-33-22)27(2,35)28(30,31)32/h4-13,15-16,24-25,34-35H,3,14H2,1-2H3/t16-,24-,25?,27+/m1/s1. The van der Waals surface area contributed by atoms with E-state index in [4.69, 9.17) is 11.6 Å². The van der Waals surface area contributed by atoms with E-state index in [-0.39, 0.29) is 17.2 Å². The van der Waals surface area contributed by atoms with Gasteiger partial charge in [-0.3, -0.25) is 4.98 Å². The van der Waals surface area contributed by atoms with E-state index in [2.05, 4.69) is 9.71 Å². The number of nitrogens with zero attached hydrogens (tertiary/aromatic N) is 1. The van der Waals surface area contributed by atoms with Crippen molar-refractivity contribution in [3.63, 3.8) is 0 Å². The molecule has 4 atom stereocenters. The van der Waals surface area contributed by atoms with Crippen LogP contribution in [0.25, 0.3) is 21.3 Å². The van der Waals surface area contributed by atoms with E-state index in [1.807, 2.05) is 19.1 Å². The first-order chi connectivity index (χ1) is 18.3. The van der Waals surface area contributed by atoms with Crippen LogP contribution in [0.4, 0.5) is 13.2 Å². The van der Waals surface area contributed by atoms with Crippen LogP contribution in [0.5, 0.6) is 0 Å². The summed E-state index contributed by atoms with van der Waals surface area (Å²) in [6, 6.07) is 15.8. The van der Waals surface area contributed by atoms with Gasteiger partial charge in [0.05, 0.1) is 17.0 Å². The van der Waals surface area contributed by atoms with Crippen LogP contribution in [0.1, 0.15) is 48.7 Å². The van der Waals surface area contributed by atoms with Crippen LogP contribution in [0.2, 0.25) is 5.02 Å². The number of sulfonamides is 1. The van der Waals surface area contributed by atoms with Gasteiger partial charge in [0, 0.05) is 26.4 Å². The molecule has 2 N–H and O–H groups in total. The lowest BCUT2D eigenvalue weighted by molar-refractivity contribution is -0.258. The van der Waals surface area contributed by atoms with E-state index in [0.29, 0.717) is 34.4 Å². The summed E-state index contributed by atoms with van der Waals surface area (Å²) in [6.07, 6.45) is -2.24. The molecule has 4 aromatic rings. The van der Waals surface area contributed by atoms with Gasteiger partial charge in [0.2, 0.25) is 10.0 Å². The van der Waals surface area contributed by atoms with Crippen molar-refractivity contribution in [3.8, 4) is 11.3 Å². The summed E-state index contributed by atoms with van der Waals surface area (Å²) in [7, 11) is -3.64. The van der Waals surface area contributed by atoms with Crippen LogP contribution >= 0.6 is 22.9 Å². The molecule has 1 aliphatic carbocycles. The molecule has 0 spiro atoms. The number of aromatic nitrogens is 1. The minimum Gasteiger partial charge on any atom is -0.376 e. The third-order valence-electron chi connectivity index (χ3n) is 7.28. The van der Waals surface area contributed by atoms with Crippen molar-refractivity contribution in [2.24, 2.45) is 5.92 Å². The molecule has 0 saturated heterocycles. The van der Waals surface area contributed by atoms with Crippen LogP contribution in [0, 0.1) is 5.92 Å². The number of benzene rings is 2. The Morgan fingerprint density at radius 2 is 1.90 bits per heavy atom. The molecule has 1 unspecified atom stereocenters. The Bertz CT molecular complexity index is 1640. The van der Waals surface area contributed by atoms with Gasteiger partial charge in [0.1, 0.15) is 0 Å². The van der Waals surface area contributed by atoms with E-state index in [1.54, 1.807) is 36.4 Å². The number of rotatable bonds is 8. The van der Waals surface area contributed by atoms with Crippen molar-refractivity contribution in [2.75, 3.05) is 0 Å². The summed E-state index contributed by atoms with van der Waals surface area (Å²) < 4.78 is 70.6. The van der Waals surface area contributed by atoms with Gasteiger partial charge < -0.3 is 5.11 Å². The Balaban J connectivity index is 1.60. The van der Waals surface area contributed by atoms with Crippen LogP contribution in [0.3, 0.4) is 0 Å². The van der Waals surface area contributed by atoms with E-state index in [9.17, 15) is 26.7 Å². The molecule has 1 aliphatic rings. The number of alkyl halides is 3. The predicted molar refractivity (Wildman–Crippen MR) is 148 cm³/mol. The van der Waals surface area contributed by atoms with Gasteiger partial charge in [-0.1, -0.05) is 61.3 Å². The average Bonchev–Trinajstić information content (AvgIpc) is 3.58. The third kappa shape index (κ3) is 5.32. The van der Waals surface area contributed by atoms with Crippen molar-refractivity contribution in [3.05, 3.63) is 87.9 Å². The van der Waals surface area contributed by atoms with Gasteiger partial charge in [-0.05, 0) is 60.0 Å². The Labute approximate surface area is 233 Å². The number of pyridine rings is 1. The van der Waals surface area contributed by atoms with Crippen molar-refractivity contribution < 1.29 is 26.7 Å². The highest BCUT2D eigenvalue weighted by Gasteiger charge is 2.51. The average molecular weight is 595 g/mol. The lowest BCUT2D eigenvalue weighted by Crippen LogP contribution is -2.39. The molecule has 2 heterocycles. The van der Waals surface area contributed by atoms with Crippen LogP contribution in [0.15, 0.2) is 66.9 Å². The highest BCUT2D eigenvalue weighted by atomic mass is 35.5. The highest BCUT2D eigenvalue weighted by molar-refractivity contribution is 7.90. The molecule has 1 fully saturated rings. The highest BCUT2D eigenvalue weighted by Crippen LogP contribution is 2.44. The van der Waals surface area contributed by atoms with Crippen LogP contribution in [-0.2, 0) is 15.6 Å². The number of fused-ring (bicyclic) bond motifs is 1. The second-order valence-corrected chi connectivity index (χ2v) is 13.4. The number of thiophene rings is 1. The fraction of sp³-hybridized carbons (Fsp3) is 0.321. The minimum absolute atomic E-state index is 0.121. The van der Waals surface area contributed by atoms with Crippen molar-refractivity contribution in [1.29, 1.82) is 0 Å². The third-order valence-corrected chi connectivity index (χ3v) is 10.8. The zero-order valence-corrected chi connectivity index (χ0v) is 23.4. The molecular formula is C28H26ClF3N2O3S2. The number of halogens is 4. The first-order valence-electron chi connectivity index (χ1n) is 12.4. The predicted octanol–water partition coefficient (Wildman–Crippen LogP) is 7.19. The van der Waals surface area contributed by atoms with Crippen molar-refractivity contribution >= 4 is 43.0 Å². The maximum atomic E-state index is 13.5. The summed E-state index contributed by atoms with van der Waals surface area (Å²) in [5.74, 6) is 0.121. The van der Waals surface area contributed by atoms with Gasteiger partial charge >= 0.3 is 6.18 Å². The molecule has 5 rings (SSSR count). The quantitative estimate of drug-likeness (QED) is 0.226. The molecule has 2 aromatic heterocycles. The summed E-state index contributed by atoms with van der Waals surface area (Å²) in [5, 5.41) is 10.9. The minimum atomic E-state index is -4.87. The van der Waals surface area contributed by atoms with Gasteiger partial charge in [0.15, 0.2) is 5.60 Å². The molecule has 0 radical (unpaired) electrons. The van der Waals surface area contributed by atoms with E-state index in [1.165, 1.54) is 23.6 Å². The maximum absolute atomic E-state index is 13.5. The van der Waals surface area contributed by atoms with Crippen LogP contribution in [-0.4, -0.2) is 29.9 Å². The number of nitrogens with one attached hydrogen (secondary N) is 1. The zero-order chi connectivity index (χ0) is 28.2. The van der Waals surface area contributed by atoms with E-state index in [0.717, 1.165) is 22.6 Å². The monoisotopic (exact) mass is 594 g/mol. The summed E-state index contributed by atoms with van der Waals surface area (Å²) >= 11 is 7.83. The molecule has 11 heteroatoms. The Morgan fingerprint density at radius 3 is 2.56 bits per heavy atom. The zero-order valence-electron chi connectivity index (χ0n) is 21.0. The summed E-state index contributed by atoms with van der Waals surface area (Å²) in [6.45, 7) is 2.68. The van der Waals surface area contributed by atoms with Crippen molar-refractivity contribution in [2.45, 2.75) is 49.8 Å². The normalized spacial score (nSPS) is 20.1. The molecule has 206 valence electrons. The Kier molecular flexibility index (Phi) is 7.30. The molecule has 0 bridgehead atoms. The molecule has 2 aromatic carbocycles. The molecule has 1 saturated carbocycles. The second kappa shape index (κ2) is 10.2. The number of hydrogen-bond donors (Lipinski definition) is 2. The molecular weight excluding hydrogens is 569 g/mol. The van der Waals surface area contributed by atoms with Gasteiger partial charge in [0.25, 0.3) is 0 Å². The van der Waals surface area contributed by atoms with Gasteiger partial charge in [-0.15, -0.1) is 11.3 Å². The number of hydrogen-bond acceptors (Lipinski definition) is 5. The SMILES string of the molecule is CC[C@@H]1C[C@H]1S(=O)(=O)NC(c1cc2cccc(-c3cc([C@](C)(O)C(F)(F)F)ccn3)c2s1)c1ccccc1Cl. The first-order valence-corrected chi connectivity index (χ1v) is 15.1. The summed E-state index contributed by atoms with van der Waals surface area (Å²) in [5.41, 5.74) is -1.95. The first kappa shape index (κ1) is 28.0. The maximum Gasteiger partial charge on any atom is 0.421 e. The van der Waals surface area contributed by atoms with Crippen molar-refractivity contribution in [1.82, 2.24) is 9.71 Å². The lowest BCUT2D eigenvalue weighted by atomic mass is 9.94. The fourth-order valence-corrected chi connectivity index (χ4v) is 8.27. The van der Waals surface area contributed by atoms with Gasteiger partial charge in [-0.2, -0.15) is 13.2 Å². The molecule has 5 nitrogen and oxygen atoms in total. The molecule has 0 amide bonds. The van der Waals surface area contributed by atoms with E-state index < -0.39 is 33.1 Å².